The third-order valence-electron chi connectivity index (χ3n) is 4.14. The van der Waals surface area contributed by atoms with E-state index in [0.29, 0.717) is 14.8 Å². The minimum Gasteiger partial charge on any atom is -0.462 e. The summed E-state index contributed by atoms with van der Waals surface area (Å²) >= 11 is 7.48. The van der Waals surface area contributed by atoms with Gasteiger partial charge in [-0.25, -0.2) is 9.78 Å². The van der Waals surface area contributed by atoms with Crippen molar-refractivity contribution in [2.75, 3.05) is 11.9 Å². The zero-order valence-corrected chi connectivity index (χ0v) is 19.5. The summed E-state index contributed by atoms with van der Waals surface area (Å²) < 4.78 is 7.13. The molecule has 3 aromatic heterocycles. The molecule has 1 amide bonds. The number of rotatable bonds is 5. The first kappa shape index (κ1) is 20.2. The molecule has 148 valence electrons. The number of carbonyl (C=O) groups excluding carboxylic acids is 2. The number of ether oxygens (including phenoxy) is 1. The van der Waals surface area contributed by atoms with Gasteiger partial charge in [0.15, 0.2) is 0 Å². The topological polar surface area (TPSA) is 68.3 Å². The number of nitrogens with one attached hydrogen (secondary N) is 1. The molecule has 1 N–H and O–H groups in total. The number of carbonyl (C=O) groups is 2. The van der Waals surface area contributed by atoms with Gasteiger partial charge in [0, 0.05) is 5.56 Å². The lowest BCUT2D eigenvalue weighted by Gasteiger charge is -2.04. The fourth-order valence-electron chi connectivity index (χ4n) is 2.83. The molecule has 0 bridgehead atoms. The third-order valence-corrected chi connectivity index (χ3v) is 8.00. The van der Waals surface area contributed by atoms with Gasteiger partial charge in [0.2, 0.25) is 0 Å². The highest BCUT2D eigenvalue weighted by atomic mass is 79.9. The number of nitrogens with zero attached hydrogens (tertiary/aromatic N) is 1. The number of aromatic nitrogens is 1. The van der Waals surface area contributed by atoms with E-state index in [0.717, 1.165) is 30.1 Å². The summed E-state index contributed by atoms with van der Waals surface area (Å²) in [6, 6.07) is 11.4. The van der Waals surface area contributed by atoms with Gasteiger partial charge in [0.05, 0.1) is 25.5 Å². The van der Waals surface area contributed by atoms with Crippen LogP contribution in [0.25, 0.3) is 20.8 Å². The molecule has 29 heavy (non-hydrogen) atoms. The number of amides is 1. The van der Waals surface area contributed by atoms with Crippen molar-refractivity contribution in [2.24, 2.45) is 0 Å². The van der Waals surface area contributed by atoms with E-state index < -0.39 is 5.97 Å². The number of anilines is 1. The van der Waals surface area contributed by atoms with Gasteiger partial charge < -0.3 is 10.1 Å². The lowest BCUT2D eigenvalue weighted by atomic mass is 10.1. The van der Waals surface area contributed by atoms with Gasteiger partial charge in [-0.15, -0.1) is 34.0 Å². The maximum Gasteiger partial charge on any atom is 0.348 e. The molecule has 0 unspecified atom stereocenters. The Morgan fingerprint density at radius 2 is 1.93 bits per heavy atom. The van der Waals surface area contributed by atoms with Crippen molar-refractivity contribution in [3.8, 4) is 10.6 Å². The van der Waals surface area contributed by atoms with Crippen LogP contribution in [0.3, 0.4) is 0 Å². The predicted octanol–water partition coefficient (Wildman–Crippen LogP) is 6.59. The first-order valence-corrected chi connectivity index (χ1v) is 11.9. The van der Waals surface area contributed by atoms with E-state index in [1.54, 1.807) is 13.0 Å². The van der Waals surface area contributed by atoms with Gasteiger partial charge in [-0.1, -0.05) is 12.1 Å². The predicted molar refractivity (Wildman–Crippen MR) is 124 cm³/mol. The smallest absolute Gasteiger partial charge is 0.348 e. The summed E-state index contributed by atoms with van der Waals surface area (Å²) in [5.41, 5.74) is 2.41. The number of benzene rings is 1. The lowest BCUT2D eigenvalue weighted by Crippen LogP contribution is -2.09. The minimum atomic E-state index is -0.392. The maximum atomic E-state index is 12.8. The number of fused-ring (bicyclic) bond motifs is 1. The molecule has 0 radical (unpaired) electrons. The molecule has 0 saturated heterocycles. The maximum absolute atomic E-state index is 12.8. The van der Waals surface area contributed by atoms with E-state index in [-0.39, 0.29) is 12.5 Å². The Labute approximate surface area is 187 Å². The summed E-state index contributed by atoms with van der Waals surface area (Å²) in [6.45, 7) is 3.92. The van der Waals surface area contributed by atoms with Crippen molar-refractivity contribution in [3.05, 3.63) is 55.5 Å². The molecular formula is C20H15BrN2O3S3. The molecular weight excluding hydrogens is 492 g/mol. The van der Waals surface area contributed by atoms with E-state index in [4.69, 9.17) is 9.72 Å². The van der Waals surface area contributed by atoms with E-state index in [1.807, 2.05) is 37.3 Å². The van der Waals surface area contributed by atoms with Crippen LogP contribution in [0.15, 0.2) is 40.2 Å². The van der Waals surface area contributed by atoms with E-state index >= 15 is 0 Å². The number of para-hydroxylation sites is 1. The summed E-state index contributed by atoms with van der Waals surface area (Å²) in [7, 11) is 0. The van der Waals surface area contributed by atoms with Gasteiger partial charge in [0.1, 0.15) is 14.9 Å². The molecule has 0 aliphatic rings. The second-order valence-electron chi connectivity index (χ2n) is 6.03. The van der Waals surface area contributed by atoms with Gasteiger partial charge in [-0.05, 0) is 59.6 Å². The molecule has 0 spiro atoms. The van der Waals surface area contributed by atoms with Crippen molar-refractivity contribution in [2.45, 2.75) is 13.8 Å². The Hall–Kier alpha value is -2.07. The monoisotopic (exact) mass is 506 g/mol. The number of hydrogen-bond donors (Lipinski definition) is 1. The largest absolute Gasteiger partial charge is 0.462 e. The third kappa shape index (κ3) is 4.00. The van der Waals surface area contributed by atoms with E-state index in [9.17, 15) is 9.59 Å². The summed E-state index contributed by atoms with van der Waals surface area (Å²) in [6.07, 6.45) is 0. The SMILES string of the molecule is CCOC(=O)c1sc(NC(=O)c2ccc(Br)s2)c(-c2nc3ccccc3s2)c1C. The van der Waals surface area contributed by atoms with Crippen LogP contribution in [0.1, 0.15) is 31.8 Å². The number of halogens is 1. The van der Waals surface area contributed by atoms with Crippen LogP contribution in [0.4, 0.5) is 5.00 Å². The average Bonchev–Trinajstić information content (AvgIpc) is 3.38. The first-order chi connectivity index (χ1) is 14.0. The Balaban J connectivity index is 1.81. The molecule has 4 rings (SSSR count). The van der Waals surface area contributed by atoms with Gasteiger partial charge >= 0.3 is 5.97 Å². The van der Waals surface area contributed by atoms with Gasteiger partial charge in [0.25, 0.3) is 5.91 Å². The Bertz CT molecular complexity index is 1190. The van der Waals surface area contributed by atoms with Crippen LogP contribution >= 0.6 is 49.9 Å². The average molecular weight is 507 g/mol. The summed E-state index contributed by atoms with van der Waals surface area (Å²) in [5, 5.41) is 4.33. The Kier molecular flexibility index (Phi) is 5.82. The van der Waals surface area contributed by atoms with Crippen LogP contribution in [0.2, 0.25) is 0 Å². The number of hydrogen-bond acceptors (Lipinski definition) is 7. The van der Waals surface area contributed by atoms with Crippen molar-refractivity contribution < 1.29 is 14.3 Å². The highest BCUT2D eigenvalue weighted by Gasteiger charge is 2.25. The molecule has 0 aliphatic carbocycles. The van der Waals surface area contributed by atoms with Crippen molar-refractivity contribution >= 4 is 77.0 Å². The molecule has 4 aromatic rings. The number of esters is 1. The highest BCUT2D eigenvalue weighted by Crippen LogP contribution is 2.44. The van der Waals surface area contributed by atoms with Crippen LogP contribution in [-0.4, -0.2) is 23.5 Å². The van der Waals surface area contributed by atoms with Crippen molar-refractivity contribution in [1.82, 2.24) is 4.98 Å². The molecule has 0 atom stereocenters. The Morgan fingerprint density at radius 1 is 1.14 bits per heavy atom. The normalized spacial score (nSPS) is 11.0. The first-order valence-electron chi connectivity index (χ1n) is 8.71. The second-order valence-corrected chi connectivity index (χ2v) is 10.5. The molecule has 0 fully saturated rings. The molecule has 0 aliphatic heterocycles. The number of thiophene rings is 2. The minimum absolute atomic E-state index is 0.222. The van der Waals surface area contributed by atoms with E-state index in [1.165, 1.54) is 34.0 Å². The molecule has 3 heterocycles. The molecule has 1 aromatic carbocycles. The molecule has 5 nitrogen and oxygen atoms in total. The van der Waals surface area contributed by atoms with Crippen LogP contribution in [0.5, 0.6) is 0 Å². The zero-order chi connectivity index (χ0) is 20.5. The quantitative estimate of drug-likeness (QED) is 0.310. The van der Waals surface area contributed by atoms with Crippen LogP contribution in [0, 0.1) is 6.92 Å². The fraction of sp³-hybridized carbons (Fsp3) is 0.150. The highest BCUT2D eigenvalue weighted by molar-refractivity contribution is 9.11. The van der Waals surface area contributed by atoms with Crippen molar-refractivity contribution in [3.63, 3.8) is 0 Å². The summed E-state index contributed by atoms with van der Waals surface area (Å²) in [4.78, 5) is 31.0. The van der Waals surface area contributed by atoms with Crippen molar-refractivity contribution in [1.29, 1.82) is 0 Å². The summed E-state index contributed by atoms with van der Waals surface area (Å²) in [5.74, 6) is -0.614. The van der Waals surface area contributed by atoms with Gasteiger partial charge in [-0.2, -0.15) is 0 Å². The Morgan fingerprint density at radius 3 is 2.62 bits per heavy atom. The second kappa shape index (κ2) is 8.35. The van der Waals surface area contributed by atoms with Crippen LogP contribution in [-0.2, 0) is 4.74 Å². The lowest BCUT2D eigenvalue weighted by molar-refractivity contribution is 0.0531. The molecule has 9 heteroatoms. The molecule has 0 saturated carbocycles. The van der Waals surface area contributed by atoms with Gasteiger partial charge in [-0.3, -0.25) is 4.79 Å². The zero-order valence-electron chi connectivity index (χ0n) is 15.4. The van der Waals surface area contributed by atoms with E-state index in [2.05, 4.69) is 21.2 Å². The van der Waals surface area contributed by atoms with Crippen LogP contribution < -0.4 is 5.32 Å². The number of thiazole rings is 1. The fourth-order valence-corrected chi connectivity index (χ4v) is 6.35. The standard InChI is InChI=1S/C20H15BrN2O3S3/c1-3-26-20(25)16-10(2)15(18-22-11-6-4-5-7-12(11)28-18)19(29-16)23-17(24)13-8-9-14(21)27-13/h4-9H,3H2,1-2H3,(H,23,24).